The lowest BCUT2D eigenvalue weighted by Gasteiger charge is -2.06. The van der Waals surface area contributed by atoms with Gasteiger partial charge in [-0.15, -0.1) is 5.10 Å². The molecule has 0 fully saturated rings. The van der Waals surface area contributed by atoms with Crippen LogP contribution in [0, 0.1) is 6.92 Å². The maximum Gasteiger partial charge on any atom is 0.164 e. The van der Waals surface area contributed by atoms with Gasteiger partial charge in [-0.3, -0.25) is 4.98 Å². The molecule has 0 saturated carbocycles. The lowest BCUT2D eigenvalue weighted by molar-refractivity contribution is 0.833. The molecule has 0 bridgehead atoms. The van der Waals surface area contributed by atoms with E-state index < -0.39 is 0 Å². The number of benzene rings is 1. The van der Waals surface area contributed by atoms with Crippen molar-refractivity contribution in [3.8, 4) is 5.69 Å². The SMILES string of the molecule is Cc1cc(-n2cnc(CN)n2)c2ccccc2n1. The second kappa shape index (κ2) is 4.19. The third-order valence-corrected chi connectivity index (χ3v) is 2.79. The van der Waals surface area contributed by atoms with Gasteiger partial charge in [0.2, 0.25) is 0 Å². The van der Waals surface area contributed by atoms with E-state index in [4.69, 9.17) is 5.73 Å². The highest BCUT2D eigenvalue weighted by Gasteiger charge is 2.07. The number of nitrogens with two attached hydrogens (primary N) is 1. The van der Waals surface area contributed by atoms with Crippen LogP contribution in [-0.4, -0.2) is 19.7 Å². The third kappa shape index (κ3) is 1.74. The van der Waals surface area contributed by atoms with Gasteiger partial charge in [0.15, 0.2) is 5.82 Å². The van der Waals surface area contributed by atoms with Crippen molar-refractivity contribution in [1.82, 2.24) is 19.7 Å². The molecule has 2 N–H and O–H groups in total. The van der Waals surface area contributed by atoms with Crippen molar-refractivity contribution < 1.29 is 0 Å². The highest BCUT2D eigenvalue weighted by molar-refractivity contribution is 5.87. The van der Waals surface area contributed by atoms with Gasteiger partial charge < -0.3 is 5.73 Å². The molecule has 0 radical (unpaired) electrons. The fraction of sp³-hybridized carbons (Fsp3) is 0.154. The summed E-state index contributed by atoms with van der Waals surface area (Å²) < 4.78 is 1.75. The Hall–Kier alpha value is -2.27. The first kappa shape index (κ1) is 10.9. The molecule has 90 valence electrons. The van der Waals surface area contributed by atoms with Crippen LogP contribution in [0.4, 0.5) is 0 Å². The monoisotopic (exact) mass is 239 g/mol. The van der Waals surface area contributed by atoms with E-state index in [1.54, 1.807) is 11.0 Å². The van der Waals surface area contributed by atoms with E-state index in [1.165, 1.54) is 0 Å². The number of rotatable bonds is 2. The largest absolute Gasteiger partial charge is 0.324 e. The topological polar surface area (TPSA) is 69.6 Å². The van der Waals surface area contributed by atoms with E-state index >= 15 is 0 Å². The molecule has 2 heterocycles. The van der Waals surface area contributed by atoms with E-state index in [1.807, 2.05) is 37.3 Å². The average Bonchev–Trinajstić information content (AvgIpc) is 2.86. The number of nitrogens with zero attached hydrogens (tertiary/aromatic N) is 4. The van der Waals surface area contributed by atoms with Crippen LogP contribution in [0.3, 0.4) is 0 Å². The Labute approximate surface area is 104 Å². The lowest BCUT2D eigenvalue weighted by atomic mass is 10.1. The summed E-state index contributed by atoms with van der Waals surface area (Å²) in [5.41, 5.74) is 8.42. The Morgan fingerprint density at radius 3 is 2.89 bits per heavy atom. The Bertz CT molecular complexity index is 701. The summed E-state index contributed by atoms with van der Waals surface area (Å²) >= 11 is 0. The number of pyridine rings is 1. The van der Waals surface area contributed by atoms with Crippen molar-refractivity contribution in [3.63, 3.8) is 0 Å². The van der Waals surface area contributed by atoms with E-state index in [2.05, 4.69) is 15.1 Å². The summed E-state index contributed by atoms with van der Waals surface area (Å²) in [4.78, 5) is 8.66. The van der Waals surface area contributed by atoms with Gasteiger partial charge in [0.1, 0.15) is 6.33 Å². The quantitative estimate of drug-likeness (QED) is 0.737. The van der Waals surface area contributed by atoms with Crippen LogP contribution in [0.1, 0.15) is 11.5 Å². The standard InChI is InChI=1S/C13H13N5/c1-9-6-12(18-8-15-13(7-14)17-18)10-4-2-3-5-11(10)16-9/h2-6,8H,7,14H2,1H3. The van der Waals surface area contributed by atoms with Crippen LogP contribution in [0.25, 0.3) is 16.6 Å². The summed E-state index contributed by atoms with van der Waals surface area (Å²) in [7, 11) is 0. The van der Waals surface area contributed by atoms with Crippen molar-refractivity contribution in [3.05, 3.63) is 48.2 Å². The van der Waals surface area contributed by atoms with Crippen molar-refractivity contribution >= 4 is 10.9 Å². The van der Waals surface area contributed by atoms with Gasteiger partial charge >= 0.3 is 0 Å². The normalized spacial score (nSPS) is 11.0. The van der Waals surface area contributed by atoms with Crippen LogP contribution in [0.5, 0.6) is 0 Å². The second-order valence-electron chi connectivity index (χ2n) is 4.11. The molecule has 0 spiro atoms. The van der Waals surface area contributed by atoms with E-state index in [-0.39, 0.29) is 0 Å². The predicted molar refractivity (Wildman–Crippen MR) is 69.3 cm³/mol. The molecule has 0 aliphatic heterocycles. The molecular formula is C13H13N5. The van der Waals surface area contributed by atoms with Crippen LogP contribution in [0.2, 0.25) is 0 Å². The fourth-order valence-electron chi connectivity index (χ4n) is 1.98. The van der Waals surface area contributed by atoms with Crippen molar-refractivity contribution in [2.75, 3.05) is 0 Å². The van der Waals surface area contributed by atoms with E-state index in [0.717, 1.165) is 22.3 Å². The first-order valence-corrected chi connectivity index (χ1v) is 5.75. The maximum absolute atomic E-state index is 5.53. The molecule has 5 heteroatoms. The van der Waals surface area contributed by atoms with Gasteiger partial charge in [-0.2, -0.15) is 0 Å². The average molecular weight is 239 g/mol. The van der Waals surface area contributed by atoms with Gasteiger partial charge in [0.05, 0.1) is 17.7 Å². The highest BCUT2D eigenvalue weighted by atomic mass is 15.3. The predicted octanol–water partition coefficient (Wildman–Crippen LogP) is 1.58. The van der Waals surface area contributed by atoms with Crippen molar-refractivity contribution in [1.29, 1.82) is 0 Å². The minimum Gasteiger partial charge on any atom is -0.324 e. The van der Waals surface area contributed by atoms with Gasteiger partial charge in [0.25, 0.3) is 0 Å². The van der Waals surface area contributed by atoms with E-state index in [0.29, 0.717) is 12.4 Å². The third-order valence-electron chi connectivity index (χ3n) is 2.79. The summed E-state index contributed by atoms with van der Waals surface area (Å²) in [6.07, 6.45) is 1.68. The molecular weight excluding hydrogens is 226 g/mol. The molecule has 18 heavy (non-hydrogen) atoms. The molecule has 5 nitrogen and oxygen atoms in total. The number of hydrogen-bond donors (Lipinski definition) is 1. The van der Waals surface area contributed by atoms with Crippen molar-refractivity contribution in [2.45, 2.75) is 13.5 Å². The smallest absolute Gasteiger partial charge is 0.164 e. The fourth-order valence-corrected chi connectivity index (χ4v) is 1.98. The molecule has 3 aromatic rings. The Morgan fingerprint density at radius 1 is 1.28 bits per heavy atom. The van der Waals surface area contributed by atoms with E-state index in [9.17, 15) is 0 Å². The summed E-state index contributed by atoms with van der Waals surface area (Å²) in [5, 5.41) is 5.40. The second-order valence-corrected chi connectivity index (χ2v) is 4.11. The minimum atomic E-state index is 0.342. The van der Waals surface area contributed by atoms with Crippen LogP contribution < -0.4 is 5.73 Å². The summed E-state index contributed by atoms with van der Waals surface area (Å²) in [5.74, 6) is 0.633. The zero-order valence-electron chi connectivity index (χ0n) is 10.0. The molecule has 0 aliphatic carbocycles. The van der Waals surface area contributed by atoms with Gasteiger partial charge in [-0.05, 0) is 19.1 Å². The Kier molecular flexibility index (Phi) is 2.53. The molecule has 0 unspecified atom stereocenters. The highest BCUT2D eigenvalue weighted by Crippen LogP contribution is 2.21. The molecule has 0 atom stereocenters. The lowest BCUT2D eigenvalue weighted by Crippen LogP contribution is -2.02. The number of hydrogen-bond acceptors (Lipinski definition) is 4. The zero-order valence-corrected chi connectivity index (χ0v) is 10.0. The van der Waals surface area contributed by atoms with Gasteiger partial charge in [0, 0.05) is 11.1 Å². The van der Waals surface area contributed by atoms with Gasteiger partial charge in [-0.1, -0.05) is 18.2 Å². The number of fused-ring (bicyclic) bond motifs is 1. The molecule has 0 amide bonds. The summed E-state index contributed by atoms with van der Waals surface area (Å²) in [6.45, 7) is 2.31. The molecule has 1 aromatic carbocycles. The summed E-state index contributed by atoms with van der Waals surface area (Å²) in [6, 6.07) is 9.99. The Balaban J connectivity index is 2.27. The Morgan fingerprint density at radius 2 is 2.11 bits per heavy atom. The number of para-hydroxylation sites is 1. The molecule has 2 aromatic heterocycles. The molecule has 0 aliphatic rings. The first-order valence-electron chi connectivity index (χ1n) is 5.75. The van der Waals surface area contributed by atoms with Crippen LogP contribution in [-0.2, 0) is 6.54 Å². The maximum atomic E-state index is 5.53. The first-order chi connectivity index (χ1) is 8.78. The minimum absolute atomic E-state index is 0.342. The van der Waals surface area contributed by atoms with Crippen LogP contribution in [0.15, 0.2) is 36.7 Å². The van der Waals surface area contributed by atoms with Gasteiger partial charge in [-0.25, -0.2) is 9.67 Å². The molecule has 0 saturated heterocycles. The number of aromatic nitrogens is 4. The van der Waals surface area contributed by atoms with Crippen LogP contribution >= 0.6 is 0 Å². The molecule has 3 rings (SSSR count). The zero-order chi connectivity index (χ0) is 12.5. The van der Waals surface area contributed by atoms with Crippen molar-refractivity contribution in [2.24, 2.45) is 5.73 Å². The number of aryl methyl sites for hydroxylation is 1.